The third-order valence-electron chi connectivity index (χ3n) is 3.63. The number of hydrogen-bond acceptors (Lipinski definition) is 4. The van der Waals surface area contributed by atoms with Gasteiger partial charge in [-0.2, -0.15) is 0 Å². The van der Waals surface area contributed by atoms with Crippen molar-refractivity contribution in [3.63, 3.8) is 0 Å². The lowest BCUT2D eigenvalue weighted by atomic mass is 9.89. The zero-order chi connectivity index (χ0) is 15.2. The highest BCUT2D eigenvalue weighted by molar-refractivity contribution is 7.18. The van der Waals surface area contributed by atoms with Crippen molar-refractivity contribution < 1.29 is 14.7 Å². The van der Waals surface area contributed by atoms with Crippen molar-refractivity contribution in [3.05, 3.63) is 51.2 Å². The molecule has 1 aromatic carbocycles. The molecule has 21 heavy (non-hydrogen) atoms. The summed E-state index contributed by atoms with van der Waals surface area (Å²) >= 11 is 6.96. The van der Waals surface area contributed by atoms with Gasteiger partial charge in [0.1, 0.15) is 0 Å². The predicted octanol–water partition coefficient (Wildman–Crippen LogP) is 2.84. The summed E-state index contributed by atoms with van der Waals surface area (Å²) < 4.78 is 0.501. The lowest BCUT2D eigenvalue weighted by Gasteiger charge is -2.20. The molecule has 0 saturated carbocycles. The summed E-state index contributed by atoms with van der Waals surface area (Å²) in [5.41, 5.74) is -0.714. The molecule has 6 heteroatoms. The van der Waals surface area contributed by atoms with Crippen molar-refractivity contribution in [3.8, 4) is 0 Å². The van der Waals surface area contributed by atoms with Crippen LogP contribution in [0.2, 0.25) is 4.34 Å². The van der Waals surface area contributed by atoms with Crippen LogP contribution in [0, 0.1) is 0 Å². The fraction of sp³-hybridized carbons (Fsp3) is 0.200. The zero-order valence-electron chi connectivity index (χ0n) is 11.2. The van der Waals surface area contributed by atoms with E-state index in [0.29, 0.717) is 20.5 Å². The molecule has 1 unspecified atom stereocenters. The highest BCUT2D eigenvalue weighted by Gasteiger charge is 2.49. The Morgan fingerprint density at radius 1 is 1.33 bits per heavy atom. The Bertz CT molecular complexity index is 742. The van der Waals surface area contributed by atoms with Gasteiger partial charge in [-0.05, 0) is 18.2 Å². The first kappa shape index (κ1) is 14.3. The number of benzene rings is 1. The SMILES string of the molecule is CN1C(=O)C(O)(CC(=O)c2ccc(Cl)s2)c2ccccc21. The number of likely N-dealkylation sites (N-methyl/N-ethyl adjacent to an activating group) is 1. The molecule has 108 valence electrons. The minimum Gasteiger partial charge on any atom is -0.375 e. The molecule has 0 radical (unpaired) electrons. The van der Waals surface area contributed by atoms with Crippen LogP contribution in [0.3, 0.4) is 0 Å². The smallest absolute Gasteiger partial charge is 0.263 e. The molecule has 1 amide bonds. The van der Waals surface area contributed by atoms with Crippen LogP contribution < -0.4 is 4.90 Å². The van der Waals surface area contributed by atoms with Crippen LogP contribution in [-0.2, 0) is 10.4 Å². The Hall–Kier alpha value is -1.69. The molecule has 1 atom stereocenters. The van der Waals surface area contributed by atoms with Crippen molar-refractivity contribution in [1.29, 1.82) is 0 Å². The van der Waals surface area contributed by atoms with Crippen LogP contribution >= 0.6 is 22.9 Å². The van der Waals surface area contributed by atoms with Gasteiger partial charge in [-0.15, -0.1) is 11.3 Å². The minimum atomic E-state index is -1.81. The number of rotatable bonds is 3. The lowest BCUT2D eigenvalue weighted by molar-refractivity contribution is -0.135. The van der Waals surface area contributed by atoms with E-state index in [-0.39, 0.29) is 12.2 Å². The number of halogens is 1. The van der Waals surface area contributed by atoms with Gasteiger partial charge in [0.25, 0.3) is 5.91 Å². The summed E-state index contributed by atoms with van der Waals surface area (Å²) in [5, 5.41) is 10.8. The molecule has 2 aromatic rings. The number of Topliss-reactive ketones (excluding diaryl/α,β-unsaturated/α-hetero) is 1. The van der Waals surface area contributed by atoms with E-state index in [2.05, 4.69) is 0 Å². The second-order valence-corrected chi connectivity index (χ2v) is 6.66. The molecule has 4 nitrogen and oxygen atoms in total. The average Bonchev–Trinajstić information content (AvgIpc) is 2.98. The van der Waals surface area contributed by atoms with Gasteiger partial charge < -0.3 is 10.0 Å². The Balaban J connectivity index is 1.97. The third-order valence-corrected chi connectivity index (χ3v) is 4.91. The van der Waals surface area contributed by atoms with E-state index in [1.54, 1.807) is 43.4 Å². The van der Waals surface area contributed by atoms with E-state index < -0.39 is 11.5 Å². The molecule has 0 fully saturated rings. The van der Waals surface area contributed by atoms with Gasteiger partial charge in [0.15, 0.2) is 11.4 Å². The van der Waals surface area contributed by atoms with E-state index >= 15 is 0 Å². The zero-order valence-corrected chi connectivity index (χ0v) is 12.7. The van der Waals surface area contributed by atoms with Crippen molar-refractivity contribution in [2.75, 3.05) is 11.9 Å². The summed E-state index contributed by atoms with van der Waals surface area (Å²) in [5.74, 6) is -0.785. The average molecular weight is 322 g/mol. The molecule has 2 heterocycles. The molecule has 0 bridgehead atoms. The second-order valence-electron chi connectivity index (χ2n) is 4.95. The second kappa shape index (κ2) is 4.94. The van der Waals surface area contributed by atoms with Gasteiger partial charge in [-0.1, -0.05) is 29.8 Å². The third kappa shape index (κ3) is 2.18. The van der Waals surface area contributed by atoms with Crippen LogP contribution in [0.15, 0.2) is 36.4 Å². The predicted molar refractivity (Wildman–Crippen MR) is 82.0 cm³/mol. The Labute approximate surface area is 130 Å². The number of ketones is 1. The Morgan fingerprint density at radius 3 is 2.71 bits per heavy atom. The first-order chi connectivity index (χ1) is 9.93. The van der Waals surface area contributed by atoms with E-state index in [0.717, 1.165) is 11.3 Å². The van der Waals surface area contributed by atoms with Gasteiger partial charge in [0, 0.05) is 12.6 Å². The topological polar surface area (TPSA) is 57.6 Å². The van der Waals surface area contributed by atoms with E-state index in [4.69, 9.17) is 11.6 Å². The summed E-state index contributed by atoms with van der Waals surface area (Å²) in [4.78, 5) is 26.5. The standard InChI is InChI=1S/C15H12ClNO3S/c1-17-10-5-3-2-4-9(10)15(20,14(17)19)8-11(18)12-6-7-13(16)21-12/h2-7,20H,8H2,1H3. The molecule has 1 aliphatic rings. The maximum Gasteiger partial charge on any atom is 0.263 e. The molecule has 1 aliphatic heterocycles. The van der Waals surface area contributed by atoms with E-state index in [1.807, 2.05) is 0 Å². The highest BCUT2D eigenvalue weighted by atomic mass is 35.5. The van der Waals surface area contributed by atoms with E-state index in [1.165, 1.54) is 4.90 Å². The first-order valence-electron chi connectivity index (χ1n) is 6.32. The number of thiophene rings is 1. The van der Waals surface area contributed by atoms with Crippen LogP contribution in [0.1, 0.15) is 21.7 Å². The number of fused-ring (bicyclic) bond motifs is 1. The molecular formula is C15H12ClNO3S. The number of amides is 1. The fourth-order valence-electron chi connectivity index (χ4n) is 2.57. The number of carbonyl (C=O) groups is 2. The van der Waals surface area contributed by atoms with E-state index in [9.17, 15) is 14.7 Å². The summed E-state index contributed by atoms with van der Waals surface area (Å²) in [7, 11) is 1.59. The van der Waals surface area contributed by atoms with Crippen LogP contribution in [0.5, 0.6) is 0 Å². The summed E-state index contributed by atoms with van der Waals surface area (Å²) in [6, 6.07) is 10.2. The maximum absolute atomic E-state index is 12.4. The summed E-state index contributed by atoms with van der Waals surface area (Å²) in [6.45, 7) is 0. The molecule has 3 rings (SSSR count). The molecule has 0 aliphatic carbocycles. The quantitative estimate of drug-likeness (QED) is 0.884. The number of carbonyl (C=O) groups excluding carboxylic acids is 2. The van der Waals surface area contributed by atoms with Gasteiger partial charge >= 0.3 is 0 Å². The van der Waals surface area contributed by atoms with Gasteiger partial charge in [0.2, 0.25) is 0 Å². The normalized spacial score (nSPS) is 20.7. The van der Waals surface area contributed by atoms with Crippen molar-refractivity contribution >= 4 is 40.3 Å². The van der Waals surface area contributed by atoms with Crippen LogP contribution in [0.4, 0.5) is 5.69 Å². The fourth-order valence-corrected chi connectivity index (χ4v) is 3.55. The molecule has 1 N–H and O–H groups in total. The monoisotopic (exact) mass is 321 g/mol. The number of hydrogen-bond donors (Lipinski definition) is 1. The van der Waals surface area contributed by atoms with Crippen molar-refractivity contribution in [1.82, 2.24) is 0 Å². The van der Waals surface area contributed by atoms with Crippen LogP contribution in [0.25, 0.3) is 0 Å². The van der Waals surface area contributed by atoms with Gasteiger partial charge in [-0.3, -0.25) is 9.59 Å². The van der Waals surface area contributed by atoms with Crippen LogP contribution in [-0.4, -0.2) is 23.8 Å². The molecular weight excluding hydrogens is 310 g/mol. The Morgan fingerprint density at radius 2 is 2.05 bits per heavy atom. The first-order valence-corrected chi connectivity index (χ1v) is 7.51. The molecule has 0 spiro atoms. The number of para-hydroxylation sites is 1. The van der Waals surface area contributed by atoms with Gasteiger partial charge in [0.05, 0.1) is 21.3 Å². The highest BCUT2D eigenvalue weighted by Crippen LogP contribution is 2.42. The number of anilines is 1. The molecule has 1 aromatic heterocycles. The lowest BCUT2D eigenvalue weighted by Crippen LogP contribution is -2.40. The maximum atomic E-state index is 12.4. The largest absolute Gasteiger partial charge is 0.375 e. The van der Waals surface area contributed by atoms with Gasteiger partial charge in [-0.25, -0.2) is 0 Å². The Kier molecular flexibility index (Phi) is 3.36. The molecule has 0 saturated heterocycles. The number of nitrogens with zero attached hydrogens (tertiary/aromatic N) is 1. The summed E-state index contributed by atoms with van der Waals surface area (Å²) in [6.07, 6.45) is -0.288. The minimum absolute atomic E-state index is 0.288. The van der Waals surface area contributed by atoms with Crippen molar-refractivity contribution in [2.24, 2.45) is 0 Å². The van der Waals surface area contributed by atoms with Crippen molar-refractivity contribution in [2.45, 2.75) is 12.0 Å². The number of aliphatic hydroxyl groups is 1.